The minimum Gasteiger partial charge on any atom is -0.486 e. The molecule has 8 heteroatoms. The molecule has 1 aromatic heterocycles. The molecule has 0 saturated carbocycles. The molecule has 1 unspecified atom stereocenters. The predicted molar refractivity (Wildman–Crippen MR) is 87.0 cm³/mol. The zero-order valence-electron chi connectivity index (χ0n) is 13.0. The third-order valence-corrected chi connectivity index (χ3v) is 3.22. The van der Waals surface area contributed by atoms with Gasteiger partial charge in [-0.3, -0.25) is 4.79 Å². The van der Waals surface area contributed by atoms with E-state index in [1.54, 1.807) is 19.2 Å². The Morgan fingerprint density at radius 3 is 2.75 bits per heavy atom. The Morgan fingerprint density at radius 2 is 2.12 bits per heavy atom. The van der Waals surface area contributed by atoms with Crippen molar-refractivity contribution in [2.75, 3.05) is 19.0 Å². The topological polar surface area (TPSA) is 98.0 Å². The molecule has 0 aliphatic heterocycles. The normalized spacial score (nSPS) is 11.8. The Morgan fingerprint density at radius 1 is 1.38 bits per heavy atom. The summed E-state index contributed by atoms with van der Waals surface area (Å²) < 4.78 is 15.7. The van der Waals surface area contributed by atoms with Crippen molar-refractivity contribution in [3.63, 3.8) is 0 Å². The number of hydrogen-bond donors (Lipinski definition) is 2. The van der Waals surface area contributed by atoms with Crippen LogP contribution in [0.4, 0.5) is 5.69 Å². The van der Waals surface area contributed by atoms with Gasteiger partial charge in [-0.1, -0.05) is 11.6 Å². The number of ether oxygens (including phenoxy) is 2. The number of carbonyl (C=O) groups is 2. The highest BCUT2D eigenvalue weighted by molar-refractivity contribution is 6.31. The first-order chi connectivity index (χ1) is 11.4. The monoisotopic (exact) mass is 353 g/mol. The number of methoxy groups -OCH3 is 1. The Labute approximate surface area is 143 Å². The molecule has 0 spiro atoms. The Bertz CT molecular complexity index is 742. The molecular weight excluding hydrogens is 338 g/mol. The van der Waals surface area contributed by atoms with Crippen LogP contribution in [-0.2, 0) is 4.74 Å². The van der Waals surface area contributed by atoms with Crippen LogP contribution in [0.2, 0.25) is 5.02 Å². The van der Waals surface area contributed by atoms with Crippen molar-refractivity contribution in [2.45, 2.75) is 13.0 Å². The number of aromatic carboxylic acids is 1. The summed E-state index contributed by atoms with van der Waals surface area (Å²) in [6.45, 7) is 2.19. The maximum absolute atomic E-state index is 12.2. The first kappa shape index (κ1) is 17.8. The van der Waals surface area contributed by atoms with E-state index in [1.165, 1.54) is 6.07 Å². The van der Waals surface area contributed by atoms with Crippen LogP contribution >= 0.6 is 11.6 Å². The summed E-state index contributed by atoms with van der Waals surface area (Å²) in [5, 5.41) is 11.9. The lowest BCUT2D eigenvalue weighted by atomic mass is 10.2. The lowest BCUT2D eigenvalue weighted by Crippen LogP contribution is -2.19. The number of rotatable bonds is 7. The van der Waals surface area contributed by atoms with Crippen LogP contribution in [0.3, 0.4) is 0 Å². The second-order valence-electron chi connectivity index (χ2n) is 4.98. The smallest absolute Gasteiger partial charge is 0.338 e. The van der Waals surface area contributed by atoms with Crippen molar-refractivity contribution in [3.05, 3.63) is 46.9 Å². The van der Waals surface area contributed by atoms with E-state index >= 15 is 0 Å². The van der Waals surface area contributed by atoms with Crippen molar-refractivity contribution < 1.29 is 28.6 Å². The third kappa shape index (κ3) is 4.50. The van der Waals surface area contributed by atoms with Crippen LogP contribution in [0.15, 0.2) is 34.9 Å². The van der Waals surface area contributed by atoms with Gasteiger partial charge in [0.2, 0.25) is 0 Å². The molecule has 7 nitrogen and oxygen atoms in total. The summed E-state index contributed by atoms with van der Waals surface area (Å²) >= 11 is 5.96. The van der Waals surface area contributed by atoms with Crippen LogP contribution < -0.4 is 10.1 Å². The average Bonchev–Trinajstić information content (AvgIpc) is 3.00. The molecule has 1 aromatic carbocycles. The molecular formula is C16H16ClNO6. The fourth-order valence-electron chi connectivity index (χ4n) is 1.94. The zero-order chi connectivity index (χ0) is 17.7. The van der Waals surface area contributed by atoms with Gasteiger partial charge in [0.25, 0.3) is 5.91 Å². The summed E-state index contributed by atoms with van der Waals surface area (Å²) in [5.74, 6) is -1.53. The molecule has 1 heterocycles. The summed E-state index contributed by atoms with van der Waals surface area (Å²) in [7, 11) is 1.56. The molecule has 0 aliphatic carbocycles. The van der Waals surface area contributed by atoms with Gasteiger partial charge in [-0.25, -0.2) is 4.79 Å². The van der Waals surface area contributed by atoms with Gasteiger partial charge < -0.3 is 24.3 Å². The second-order valence-corrected chi connectivity index (χ2v) is 5.42. The molecule has 0 bridgehead atoms. The Hall–Kier alpha value is -2.51. The largest absolute Gasteiger partial charge is 0.486 e. The molecule has 1 amide bonds. The summed E-state index contributed by atoms with van der Waals surface area (Å²) in [6, 6.07) is 5.90. The van der Waals surface area contributed by atoms with E-state index in [0.717, 1.165) is 12.3 Å². The van der Waals surface area contributed by atoms with Crippen LogP contribution in [-0.4, -0.2) is 36.8 Å². The van der Waals surface area contributed by atoms with E-state index in [4.69, 9.17) is 30.6 Å². The molecule has 2 N–H and O–H groups in total. The second kappa shape index (κ2) is 7.85. The van der Waals surface area contributed by atoms with E-state index in [-0.39, 0.29) is 17.4 Å². The highest BCUT2D eigenvalue weighted by atomic mass is 35.5. The van der Waals surface area contributed by atoms with Gasteiger partial charge in [0.15, 0.2) is 5.76 Å². The van der Waals surface area contributed by atoms with Gasteiger partial charge in [0.1, 0.15) is 18.1 Å². The number of carboxylic acid groups (broad SMARTS) is 1. The number of nitrogens with one attached hydrogen (secondary N) is 1. The number of benzene rings is 1. The number of anilines is 1. The van der Waals surface area contributed by atoms with Gasteiger partial charge in [0, 0.05) is 18.2 Å². The molecule has 0 aliphatic rings. The predicted octanol–water partition coefficient (Wildman–Crippen LogP) is 3.30. The standard InChI is InChI=1S/C16H16ClNO6/c1-9(7-22-2)24-13-4-3-11(17)6-12(13)18-15(19)14-5-10(8-23-14)16(20)21/h3-6,8-9H,7H2,1-2H3,(H,18,19)(H,20,21). The number of carboxylic acids is 1. The lowest BCUT2D eigenvalue weighted by Gasteiger charge is -2.17. The minimum atomic E-state index is -1.18. The number of furan rings is 1. The zero-order valence-corrected chi connectivity index (χ0v) is 13.8. The molecule has 0 radical (unpaired) electrons. The number of hydrogen-bond acceptors (Lipinski definition) is 5. The molecule has 0 fully saturated rings. The van der Waals surface area contributed by atoms with Crippen LogP contribution in [0.5, 0.6) is 5.75 Å². The van der Waals surface area contributed by atoms with Gasteiger partial charge in [-0.05, 0) is 25.1 Å². The lowest BCUT2D eigenvalue weighted by molar-refractivity contribution is 0.0696. The van der Waals surface area contributed by atoms with Crippen LogP contribution in [0.1, 0.15) is 27.8 Å². The Kier molecular flexibility index (Phi) is 5.83. The highest BCUT2D eigenvalue weighted by Gasteiger charge is 2.17. The van der Waals surface area contributed by atoms with Crippen molar-refractivity contribution in [2.24, 2.45) is 0 Å². The first-order valence-electron chi connectivity index (χ1n) is 6.99. The summed E-state index contributed by atoms with van der Waals surface area (Å²) in [5.41, 5.74) is 0.222. The summed E-state index contributed by atoms with van der Waals surface area (Å²) in [6.07, 6.45) is 0.752. The maximum atomic E-state index is 12.2. The van der Waals surface area contributed by atoms with Gasteiger partial charge in [0.05, 0.1) is 17.9 Å². The fraction of sp³-hybridized carbons (Fsp3) is 0.250. The third-order valence-electron chi connectivity index (χ3n) is 2.99. The molecule has 0 saturated heterocycles. The van der Waals surface area contributed by atoms with E-state index in [1.807, 2.05) is 6.92 Å². The highest BCUT2D eigenvalue weighted by Crippen LogP contribution is 2.29. The molecule has 24 heavy (non-hydrogen) atoms. The number of carbonyl (C=O) groups excluding carboxylic acids is 1. The van der Waals surface area contributed by atoms with E-state index < -0.39 is 11.9 Å². The number of halogens is 1. The molecule has 1 atom stereocenters. The van der Waals surface area contributed by atoms with Crippen molar-refractivity contribution in [1.82, 2.24) is 0 Å². The molecule has 2 rings (SSSR count). The minimum absolute atomic E-state index is 0.114. The first-order valence-corrected chi connectivity index (χ1v) is 7.37. The van der Waals surface area contributed by atoms with Crippen molar-refractivity contribution in [1.29, 1.82) is 0 Å². The van der Waals surface area contributed by atoms with Crippen LogP contribution in [0, 0.1) is 0 Å². The van der Waals surface area contributed by atoms with E-state index in [0.29, 0.717) is 23.1 Å². The fourth-order valence-corrected chi connectivity index (χ4v) is 2.11. The van der Waals surface area contributed by atoms with Crippen molar-refractivity contribution >= 4 is 29.2 Å². The SMILES string of the molecule is COCC(C)Oc1ccc(Cl)cc1NC(=O)c1cc(C(=O)O)co1. The maximum Gasteiger partial charge on any atom is 0.338 e. The van der Waals surface area contributed by atoms with E-state index in [9.17, 15) is 9.59 Å². The van der Waals surface area contributed by atoms with Crippen molar-refractivity contribution in [3.8, 4) is 5.75 Å². The van der Waals surface area contributed by atoms with Gasteiger partial charge >= 0.3 is 5.97 Å². The van der Waals surface area contributed by atoms with Crippen LogP contribution in [0.25, 0.3) is 0 Å². The van der Waals surface area contributed by atoms with E-state index in [2.05, 4.69) is 5.32 Å². The quantitative estimate of drug-likeness (QED) is 0.792. The van der Waals surface area contributed by atoms with Gasteiger partial charge in [-0.2, -0.15) is 0 Å². The average molecular weight is 354 g/mol. The Balaban J connectivity index is 2.19. The molecule has 2 aromatic rings. The van der Waals surface area contributed by atoms with Gasteiger partial charge in [-0.15, -0.1) is 0 Å². The summed E-state index contributed by atoms with van der Waals surface area (Å²) in [4.78, 5) is 23.0. The number of amides is 1. The molecule has 128 valence electrons.